The fourth-order valence-electron chi connectivity index (χ4n) is 2.62. The number of ether oxygens (including phenoxy) is 1. The Morgan fingerprint density at radius 1 is 1.17 bits per heavy atom. The number of hydrogen-bond donors (Lipinski definition) is 1. The molecular weight excluding hydrogens is 228 g/mol. The van der Waals surface area contributed by atoms with Crippen molar-refractivity contribution >= 4 is 11.9 Å². The predicted octanol–water partition coefficient (Wildman–Crippen LogP) is 2.63. The summed E-state index contributed by atoms with van der Waals surface area (Å²) in [4.78, 5) is 15.6. The van der Waals surface area contributed by atoms with Gasteiger partial charge in [0.25, 0.3) is 11.9 Å². The molecule has 2 rings (SSSR count). The van der Waals surface area contributed by atoms with Crippen LogP contribution in [0.2, 0.25) is 0 Å². The van der Waals surface area contributed by atoms with E-state index >= 15 is 0 Å². The van der Waals surface area contributed by atoms with Crippen LogP contribution < -0.4 is 5.32 Å². The number of carbonyl (C=O) groups excluding carboxylic acids is 1. The molecule has 1 N–H and O–H groups in total. The van der Waals surface area contributed by atoms with Gasteiger partial charge in [-0.25, -0.2) is 0 Å². The van der Waals surface area contributed by atoms with Gasteiger partial charge >= 0.3 is 0 Å². The molecular formula is C14H24N2O2. The second-order valence-corrected chi connectivity index (χ2v) is 5.72. The van der Waals surface area contributed by atoms with Crippen LogP contribution in [-0.4, -0.2) is 24.1 Å². The zero-order chi connectivity index (χ0) is 13.0. The highest BCUT2D eigenvalue weighted by Crippen LogP contribution is 2.19. The van der Waals surface area contributed by atoms with E-state index in [4.69, 9.17) is 4.74 Å². The monoisotopic (exact) mass is 252 g/mol. The van der Waals surface area contributed by atoms with Gasteiger partial charge in [-0.3, -0.25) is 4.79 Å². The largest absolute Gasteiger partial charge is 0.451 e. The smallest absolute Gasteiger partial charge is 0.293 e. The van der Waals surface area contributed by atoms with Crippen molar-refractivity contribution in [3.8, 4) is 0 Å². The van der Waals surface area contributed by atoms with E-state index < -0.39 is 0 Å². The molecule has 0 aromatic rings. The SMILES string of the molecule is CC(C)C1OC(NC2CCCCCCC2)=NC1=O. The summed E-state index contributed by atoms with van der Waals surface area (Å²) in [6, 6.07) is 0.868. The van der Waals surface area contributed by atoms with Crippen LogP contribution in [0.1, 0.15) is 58.8 Å². The average Bonchev–Trinajstić information content (AvgIpc) is 2.63. The Kier molecular flexibility index (Phi) is 4.61. The van der Waals surface area contributed by atoms with Crippen molar-refractivity contribution in [1.29, 1.82) is 0 Å². The molecule has 0 bridgehead atoms. The highest BCUT2D eigenvalue weighted by atomic mass is 16.5. The average molecular weight is 252 g/mol. The highest BCUT2D eigenvalue weighted by Gasteiger charge is 2.32. The second kappa shape index (κ2) is 6.21. The Balaban J connectivity index is 1.85. The van der Waals surface area contributed by atoms with Gasteiger partial charge in [0.05, 0.1) is 0 Å². The third kappa shape index (κ3) is 3.47. The number of amides is 1. The molecule has 0 aromatic carbocycles. The molecule has 1 saturated carbocycles. The van der Waals surface area contributed by atoms with E-state index in [-0.39, 0.29) is 17.9 Å². The van der Waals surface area contributed by atoms with Crippen molar-refractivity contribution in [3.63, 3.8) is 0 Å². The van der Waals surface area contributed by atoms with Crippen molar-refractivity contribution in [2.45, 2.75) is 70.9 Å². The number of amidine groups is 1. The lowest BCUT2D eigenvalue weighted by atomic mass is 9.97. The van der Waals surface area contributed by atoms with Gasteiger partial charge in [0.1, 0.15) is 0 Å². The second-order valence-electron chi connectivity index (χ2n) is 5.72. The van der Waals surface area contributed by atoms with Crippen molar-refractivity contribution in [1.82, 2.24) is 5.32 Å². The maximum absolute atomic E-state index is 11.6. The maximum atomic E-state index is 11.6. The molecule has 1 heterocycles. The van der Waals surface area contributed by atoms with Crippen molar-refractivity contribution < 1.29 is 9.53 Å². The normalized spacial score (nSPS) is 26.5. The first-order chi connectivity index (χ1) is 8.66. The van der Waals surface area contributed by atoms with E-state index in [1.165, 1.54) is 32.1 Å². The minimum atomic E-state index is -0.388. The van der Waals surface area contributed by atoms with Crippen molar-refractivity contribution in [2.24, 2.45) is 10.9 Å². The van der Waals surface area contributed by atoms with Gasteiger partial charge in [0.15, 0.2) is 6.10 Å². The number of rotatable bonds is 2. The standard InChI is InChI=1S/C14H24N2O2/c1-10(2)12-13(17)16-14(18-12)15-11-8-6-4-3-5-7-9-11/h10-12H,3-9H2,1-2H3,(H,15,16,17). The van der Waals surface area contributed by atoms with E-state index in [2.05, 4.69) is 10.3 Å². The molecule has 0 saturated heterocycles. The predicted molar refractivity (Wildman–Crippen MR) is 71.4 cm³/mol. The molecule has 4 heteroatoms. The number of hydrogen-bond acceptors (Lipinski definition) is 3. The van der Waals surface area contributed by atoms with Gasteiger partial charge in [-0.2, -0.15) is 4.99 Å². The summed E-state index contributed by atoms with van der Waals surface area (Å²) < 4.78 is 5.60. The summed E-state index contributed by atoms with van der Waals surface area (Å²) in [7, 11) is 0. The Labute approximate surface area is 109 Å². The van der Waals surface area contributed by atoms with Crippen LogP contribution in [0.15, 0.2) is 4.99 Å². The zero-order valence-electron chi connectivity index (χ0n) is 11.4. The molecule has 18 heavy (non-hydrogen) atoms. The molecule has 1 atom stereocenters. The van der Waals surface area contributed by atoms with Crippen LogP contribution in [0, 0.1) is 5.92 Å². The molecule has 0 radical (unpaired) electrons. The Morgan fingerprint density at radius 2 is 1.78 bits per heavy atom. The van der Waals surface area contributed by atoms with Crippen LogP contribution in [0.5, 0.6) is 0 Å². The first-order valence-corrected chi connectivity index (χ1v) is 7.22. The van der Waals surface area contributed by atoms with Crippen LogP contribution in [0.25, 0.3) is 0 Å². The molecule has 1 aliphatic heterocycles. The molecule has 0 spiro atoms. The van der Waals surface area contributed by atoms with Gasteiger partial charge < -0.3 is 10.1 Å². The molecule has 1 aliphatic carbocycles. The lowest BCUT2D eigenvalue weighted by Gasteiger charge is -2.22. The molecule has 1 fully saturated rings. The summed E-state index contributed by atoms with van der Waals surface area (Å²) in [5.74, 6) is 0.0382. The molecule has 4 nitrogen and oxygen atoms in total. The zero-order valence-corrected chi connectivity index (χ0v) is 11.4. The molecule has 102 valence electrons. The Morgan fingerprint density at radius 3 is 2.33 bits per heavy atom. The number of carbonyl (C=O) groups is 1. The topological polar surface area (TPSA) is 50.7 Å². The summed E-state index contributed by atoms with van der Waals surface area (Å²) in [5, 5.41) is 3.31. The van der Waals surface area contributed by atoms with Gasteiger partial charge in [-0.05, 0) is 18.8 Å². The quantitative estimate of drug-likeness (QED) is 0.822. The highest BCUT2D eigenvalue weighted by molar-refractivity contribution is 5.98. The van der Waals surface area contributed by atoms with Gasteiger partial charge in [0.2, 0.25) is 0 Å². The third-order valence-corrected chi connectivity index (χ3v) is 3.73. The first-order valence-electron chi connectivity index (χ1n) is 7.22. The maximum Gasteiger partial charge on any atom is 0.293 e. The molecule has 0 aromatic heterocycles. The summed E-state index contributed by atoms with van der Waals surface area (Å²) in [5.41, 5.74) is 0. The molecule has 1 amide bonds. The summed E-state index contributed by atoms with van der Waals surface area (Å²) in [6.07, 6.45) is 8.43. The van der Waals surface area contributed by atoms with Crippen LogP contribution in [0.4, 0.5) is 0 Å². The van der Waals surface area contributed by atoms with E-state index in [9.17, 15) is 4.79 Å². The van der Waals surface area contributed by atoms with E-state index in [1.807, 2.05) is 13.8 Å². The number of aliphatic imine (C=N–C) groups is 1. The van der Waals surface area contributed by atoms with Gasteiger partial charge in [-0.1, -0.05) is 46.0 Å². The minimum absolute atomic E-state index is 0.140. The van der Waals surface area contributed by atoms with E-state index in [0.29, 0.717) is 12.1 Å². The first kappa shape index (κ1) is 13.4. The van der Waals surface area contributed by atoms with Crippen LogP contribution in [-0.2, 0) is 9.53 Å². The van der Waals surface area contributed by atoms with Gasteiger partial charge in [-0.15, -0.1) is 0 Å². The fraction of sp³-hybridized carbons (Fsp3) is 0.857. The Bertz CT molecular complexity index is 318. The molecule has 1 unspecified atom stereocenters. The van der Waals surface area contributed by atoms with Crippen LogP contribution >= 0.6 is 0 Å². The summed E-state index contributed by atoms with van der Waals surface area (Å²) in [6.45, 7) is 3.97. The lowest BCUT2D eigenvalue weighted by Crippen LogP contribution is -2.37. The fourth-order valence-corrected chi connectivity index (χ4v) is 2.62. The minimum Gasteiger partial charge on any atom is -0.451 e. The molecule has 2 aliphatic rings. The summed E-state index contributed by atoms with van der Waals surface area (Å²) >= 11 is 0. The van der Waals surface area contributed by atoms with Crippen molar-refractivity contribution in [2.75, 3.05) is 0 Å². The van der Waals surface area contributed by atoms with Crippen molar-refractivity contribution in [3.05, 3.63) is 0 Å². The Hall–Kier alpha value is -1.06. The third-order valence-electron chi connectivity index (χ3n) is 3.73. The van der Waals surface area contributed by atoms with E-state index in [1.54, 1.807) is 0 Å². The van der Waals surface area contributed by atoms with E-state index in [0.717, 1.165) is 12.8 Å². The number of nitrogens with zero attached hydrogens (tertiary/aromatic N) is 1. The van der Waals surface area contributed by atoms with Gasteiger partial charge in [0, 0.05) is 6.04 Å². The lowest BCUT2D eigenvalue weighted by molar-refractivity contribution is -0.124. The number of nitrogens with one attached hydrogen (secondary N) is 1. The van der Waals surface area contributed by atoms with Crippen LogP contribution in [0.3, 0.4) is 0 Å².